The van der Waals surface area contributed by atoms with Crippen LogP contribution in [0.25, 0.3) is 44.5 Å². The Morgan fingerprint density at radius 3 is 0.921 bits per heavy atom. The zero-order valence-electron chi connectivity index (χ0n) is 41.9. The van der Waals surface area contributed by atoms with Crippen molar-refractivity contribution in [1.82, 2.24) is 0 Å². The van der Waals surface area contributed by atoms with Crippen LogP contribution in [0.3, 0.4) is 0 Å². The van der Waals surface area contributed by atoms with Gasteiger partial charge in [-0.25, -0.2) is 0 Å². The SMILES string of the molecule is c1ccc(-c2ccc(N(c3ccccc3)c3ccc4c(c3)N(c3ccccc3)c3cc(N(c5ccccc5)c5ccc(-c6ccccc6)cc5)ccc3B4c3c(-c4ccccc4)cccc3-c3ccccc3)cc2)cc1. The predicted octanol–water partition coefficient (Wildman–Crippen LogP) is 17.6. The lowest BCUT2D eigenvalue weighted by atomic mass is 9.33. The summed E-state index contributed by atoms with van der Waals surface area (Å²) in [7, 11) is 0. The van der Waals surface area contributed by atoms with Crippen LogP contribution >= 0.6 is 0 Å². The Labute approximate surface area is 446 Å². The van der Waals surface area contributed by atoms with Gasteiger partial charge in [0.2, 0.25) is 6.71 Å². The van der Waals surface area contributed by atoms with Crippen LogP contribution in [-0.2, 0) is 0 Å². The van der Waals surface area contributed by atoms with Gasteiger partial charge in [0.25, 0.3) is 0 Å². The Bertz CT molecular complexity index is 3660. The smallest absolute Gasteiger partial charge is 0.248 e. The van der Waals surface area contributed by atoms with E-state index in [1.807, 2.05) is 0 Å². The molecule has 12 aromatic rings. The van der Waals surface area contributed by atoms with E-state index in [2.05, 4.69) is 330 Å². The molecule has 3 nitrogen and oxygen atoms in total. The number of hydrogen-bond acceptors (Lipinski definition) is 3. The average Bonchev–Trinajstić information content (AvgIpc) is 3.51. The van der Waals surface area contributed by atoms with Crippen molar-refractivity contribution in [3.05, 3.63) is 315 Å². The van der Waals surface area contributed by atoms with Crippen molar-refractivity contribution in [3.8, 4) is 44.5 Å². The van der Waals surface area contributed by atoms with Crippen molar-refractivity contribution in [2.75, 3.05) is 14.7 Å². The molecule has 0 atom stereocenters. The Balaban J connectivity index is 1.07. The quantitative estimate of drug-likeness (QED) is 0.113. The molecule has 12 aromatic carbocycles. The van der Waals surface area contributed by atoms with Crippen LogP contribution in [0.1, 0.15) is 0 Å². The van der Waals surface area contributed by atoms with Gasteiger partial charge in [-0.1, -0.05) is 236 Å². The van der Waals surface area contributed by atoms with Crippen LogP contribution in [0, 0.1) is 0 Å². The molecule has 0 saturated carbocycles. The van der Waals surface area contributed by atoms with E-state index in [0.717, 1.165) is 51.2 Å². The van der Waals surface area contributed by atoms with Crippen molar-refractivity contribution < 1.29 is 0 Å². The van der Waals surface area contributed by atoms with E-state index in [1.54, 1.807) is 0 Å². The molecule has 76 heavy (non-hydrogen) atoms. The molecule has 0 bridgehead atoms. The van der Waals surface area contributed by atoms with Gasteiger partial charge in [-0.3, -0.25) is 0 Å². The highest BCUT2D eigenvalue weighted by Crippen LogP contribution is 2.45. The van der Waals surface area contributed by atoms with Gasteiger partial charge in [-0.05, 0) is 140 Å². The Morgan fingerprint density at radius 1 is 0.237 bits per heavy atom. The summed E-state index contributed by atoms with van der Waals surface area (Å²) in [6.45, 7) is -0.176. The fourth-order valence-electron chi connectivity index (χ4n) is 11.2. The van der Waals surface area contributed by atoms with Crippen molar-refractivity contribution in [2.24, 2.45) is 0 Å². The minimum atomic E-state index is -0.176. The Kier molecular flexibility index (Phi) is 12.4. The molecule has 0 fully saturated rings. The van der Waals surface area contributed by atoms with E-state index in [9.17, 15) is 0 Å². The first-order chi connectivity index (χ1) is 37.7. The lowest BCUT2D eigenvalue weighted by molar-refractivity contribution is 1.24. The van der Waals surface area contributed by atoms with Gasteiger partial charge in [0.15, 0.2) is 0 Å². The number of benzene rings is 12. The summed E-state index contributed by atoms with van der Waals surface area (Å²) in [6, 6.07) is 115. The summed E-state index contributed by atoms with van der Waals surface area (Å²) in [4.78, 5) is 7.29. The second-order valence-electron chi connectivity index (χ2n) is 19.3. The lowest BCUT2D eigenvalue weighted by Crippen LogP contribution is -2.58. The molecule has 0 saturated heterocycles. The van der Waals surface area contributed by atoms with E-state index < -0.39 is 0 Å². The second kappa shape index (κ2) is 20.5. The lowest BCUT2D eigenvalue weighted by Gasteiger charge is -2.40. The number of nitrogens with zero attached hydrogens (tertiary/aromatic N) is 3. The Hall–Kier alpha value is -9.90. The summed E-state index contributed by atoms with van der Waals surface area (Å²) < 4.78 is 0. The minimum absolute atomic E-state index is 0.176. The monoisotopic (exact) mass is 969 g/mol. The highest BCUT2D eigenvalue weighted by Gasteiger charge is 2.39. The maximum absolute atomic E-state index is 2.50. The van der Waals surface area contributed by atoms with Crippen LogP contribution in [0.5, 0.6) is 0 Å². The minimum Gasteiger partial charge on any atom is -0.311 e. The number of rotatable bonds is 12. The molecule has 0 aliphatic carbocycles. The maximum Gasteiger partial charge on any atom is 0.248 e. The van der Waals surface area contributed by atoms with Gasteiger partial charge in [0.05, 0.1) is 0 Å². The first-order valence-corrected chi connectivity index (χ1v) is 26.1. The topological polar surface area (TPSA) is 9.72 Å². The van der Waals surface area contributed by atoms with Crippen molar-refractivity contribution >= 4 is 74.3 Å². The van der Waals surface area contributed by atoms with Gasteiger partial charge < -0.3 is 14.7 Å². The highest BCUT2D eigenvalue weighted by molar-refractivity contribution is 6.99. The van der Waals surface area contributed by atoms with Gasteiger partial charge in [-0.2, -0.15) is 0 Å². The van der Waals surface area contributed by atoms with Crippen LogP contribution < -0.4 is 31.1 Å². The average molecular weight is 970 g/mol. The third kappa shape index (κ3) is 8.82. The number of hydrogen-bond donors (Lipinski definition) is 0. The van der Waals surface area contributed by atoms with E-state index in [-0.39, 0.29) is 6.71 Å². The largest absolute Gasteiger partial charge is 0.311 e. The second-order valence-corrected chi connectivity index (χ2v) is 19.3. The molecular weight excluding hydrogens is 918 g/mol. The summed E-state index contributed by atoms with van der Waals surface area (Å²) in [5.41, 5.74) is 22.9. The van der Waals surface area contributed by atoms with Crippen LogP contribution in [0.4, 0.5) is 51.2 Å². The van der Waals surface area contributed by atoms with Gasteiger partial charge in [0, 0.05) is 51.2 Å². The molecule has 358 valence electrons. The summed E-state index contributed by atoms with van der Waals surface area (Å²) >= 11 is 0. The summed E-state index contributed by atoms with van der Waals surface area (Å²) in [5.74, 6) is 0. The van der Waals surface area contributed by atoms with Gasteiger partial charge in [0.1, 0.15) is 0 Å². The van der Waals surface area contributed by atoms with Crippen LogP contribution in [0.15, 0.2) is 315 Å². The standard InChI is InChI=1S/C72H52BN3/c1-8-23-53(24-9-1)55-39-43-62(44-40-55)74(59-31-16-5-17-32-59)64-47-49-68-70(51-64)76(61-35-20-7-21-36-61)71-52-65(75(60-33-18-6-19-34-60)63-45-41-56(42-46-63)54-25-10-2-11-26-54)48-50-69(71)73(68)72-66(57-27-12-3-13-28-57)37-22-38-67(72)58-29-14-4-15-30-58/h1-52H. The van der Waals surface area contributed by atoms with Gasteiger partial charge >= 0.3 is 0 Å². The fourth-order valence-corrected chi connectivity index (χ4v) is 11.2. The molecule has 0 radical (unpaired) electrons. The number of fused-ring (bicyclic) bond motifs is 2. The normalized spacial score (nSPS) is 11.6. The third-order valence-electron chi connectivity index (χ3n) is 14.7. The van der Waals surface area contributed by atoms with E-state index in [0.29, 0.717) is 0 Å². The van der Waals surface area contributed by atoms with Crippen molar-refractivity contribution in [3.63, 3.8) is 0 Å². The molecule has 1 aliphatic heterocycles. The first kappa shape index (κ1) is 45.9. The highest BCUT2D eigenvalue weighted by atomic mass is 15.2. The molecule has 13 rings (SSSR count). The maximum atomic E-state index is 2.50. The molecule has 4 heteroatoms. The molecular formula is C72H52BN3. The van der Waals surface area contributed by atoms with Crippen LogP contribution in [-0.4, -0.2) is 6.71 Å². The summed E-state index contributed by atoms with van der Waals surface area (Å²) in [5, 5.41) is 0. The van der Waals surface area contributed by atoms with Crippen LogP contribution in [0.2, 0.25) is 0 Å². The van der Waals surface area contributed by atoms with Gasteiger partial charge in [-0.15, -0.1) is 0 Å². The first-order valence-electron chi connectivity index (χ1n) is 26.1. The fraction of sp³-hybridized carbons (Fsp3) is 0. The predicted molar refractivity (Wildman–Crippen MR) is 323 cm³/mol. The zero-order valence-corrected chi connectivity index (χ0v) is 41.9. The molecule has 0 spiro atoms. The molecule has 1 heterocycles. The molecule has 1 aliphatic rings. The van der Waals surface area contributed by atoms with Crippen molar-refractivity contribution in [1.29, 1.82) is 0 Å². The Morgan fingerprint density at radius 2 is 0.539 bits per heavy atom. The summed E-state index contributed by atoms with van der Waals surface area (Å²) in [6.07, 6.45) is 0. The third-order valence-corrected chi connectivity index (χ3v) is 14.7. The molecule has 0 N–H and O–H groups in total. The van der Waals surface area contributed by atoms with E-state index in [1.165, 1.54) is 60.9 Å². The molecule has 0 unspecified atom stereocenters. The molecule has 0 amide bonds. The van der Waals surface area contributed by atoms with Crippen molar-refractivity contribution in [2.45, 2.75) is 0 Å². The number of anilines is 9. The zero-order chi connectivity index (χ0) is 50.6. The molecule has 0 aromatic heterocycles. The number of para-hydroxylation sites is 3. The van der Waals surface area contributed by atoms with E-state index in [4.69, 9.17) is 0 Å². The van der Waals surface area contributed by atoms with E-state index >= 15 is 0 Å².